The van der Waals surface area contributed by atoms with E-state index in [4.69, 9.17) is 0 Å². The molecule has 0 aliphatic carbocycles. The van der Waals surface area contributed by atoms with Crippen LogP contribution in [-0.2, 0) is 11.2 Å². The molecular weight excluding hydrogens is 162 g/mol. The summed E-state index contributed by atoms with van der Waals surface area (Å²) in [5.74, 6) is 0.00463. The van der Waals surface area contributed by atoms with Crippen LogP contribution >= 0.6 is 0 Å². The van der Waals surface area contributed by atoms with E-state index < -0.39 is 0 Å². The van der Waals surface area contributed by atoms with E-state index in [1.165, 1.54) is 12.5 Å². The second-order valence-corrected chi connectivity index (χ2v) is 2.65. The summed E-state index contributed by atoms with van der Waals surface area (Å²) in [7, 11) is 1.60. The molecule has 0 spiro atoms. The smallest absolute Gasteiger partial charge is 0.216 e. The Hall–Kier alpha value is -1.31. The minimum atomic E-state index is 0. The molecule has 2 heteroatoms. The summed E-state index contributed by atoms with van der Waals surface area (Å²) in [5.41, 5.74) is 1.41. The van der Waals surface area contributed by atoms with Crippen LogP contribution in [0, 0.1) is 0 Å². The highest BCUT2D eigenvalue weighted by atomic mass is 16.1. The lowest BCUT2D eigenvalue weighted by Crippen LogP contribution is -2.11. The maximum atomic E-state index is 9.70. The summed E-state index contributed by atoms with van der Waals surface area (Å²) in [4.78, 5) is 9.70. The summed E-state index contributed by atoms with van der Waals surface area (Å²) in [6.45, 7) is 3.63. The first-order valence-corrected chi connectivity index (χ1v) is 4.43. The molecule has 0 fully saturated rings. The van der Waals surface area contributed by atoms with Gasteiger partial charge in [0.25, 0.3) is 0 Å². The molecule has 1 aromatic rings. The quantitative estimate of drug-likeness (QED) is 0.707. The van der Waals surface area contributed by atoms with E-state index in [-0.39, 0.29) is 7.33 Å². The Morgan fingerprint density at radius 3 is 2.08 bits per heavy atom. The summed E-state index contributed by atoms with van der Waals surface area (Å²) in [6, 6.07) is 10.5. The van der Waals surface area contributed by atoms with Gasteiger partial charge >= 0.3 is 0 Å². The number of hydrogen-bond acceptors (Lipinski definition) is 1. The highest BCUT2D eigenvalue weighted by Crippen LogP contribution is 1.96. The first-order valence-electron chi connectivity index (χ1n) is 4.43. The normalized spacial score (nSPS) is 8.23. The van der Waals surface area contributed by atoms with Crippen LogP contribution in [0.2, 0.25) is 0 Å². The van der Waals surface area contributed by atoms with Gasteiger partial charge in [-0.3, -0.25) is 4.79 Å². The lowest BCUT2D eigenvalue weighted by molar-refractivity contribution is -0.118. The molecule has 0 saturated carbocycles. The van der Waals surface area contributed by atoms with Crippen LogP contribution < -0.4 is 5.32 Å². The number of amides is 1. The van der Waals surface area contributed by atoms with Gasteiger partial charge in [0.2, 0.25) is 5.91 Å². The highest BCUT2D eigenvalue weighted by molar-refractivity contribution is 5.72. The number of carbonyl (C=O) groups excluding carboxylic acids is 1. The van der Waals surface area contributed by atoms with Gasteiger partial charge in [0.05, 0.1) is 0 Å². The molecule has 0 aliphatic rings. The first-order chi connectivity index (χ1) is 6.20. The summed E-state index contributed by atoms with van der Waals surface area (Å²) < 4.78 is 0. The Morgan fingerprint density at radius 1 is 1.38 bits per heavy atom. The average molecular weight is 181 g/mol. The molecule has 0 heterocycles. The number of nitrogens with one attached hydrogen (secondary N) is 1. The molecule has 0 aromatic heterocycles. The number of hydrogen-bond donors (Lipinski definition) is 1. The third-order valence-corrected chi connectivity index (χ3v) is 1.60. The molecule has 0 saturated heterocycles. The maximum Gasteiger partial charge on any atom is 0.216 e. The van der Waals surface area contributed by atoms with Gasteiger partial charge < -0.3 is 5.32 Å². The van der Waals surface area contributed by atoms with Gasteiger partial charge in [-0.05, 0) is 12.0 Å². The topological polar surface area (TPSA) is 29.1 Å². The second-order valence-electron chi connectivity index (χ2n) is 2.65. The SMILES string of the molecule is CCc1ccccc1.CNC(C)=O.[HH]. The fourth-order valence-electron chi connectivity index (χ4n) is 0.714. The van der Waals surface area contributed by atoms with Crippen LogP contribution in [0.1, 0.15) is 20.8 Å². The fourth-order valence-corrected chi connectivity index (χ4v) is 0.714. The molecule has 13 heavy (non-hydrogen) atoms. The van der Waals surface area contributed by atoms with Crippen LogP contribution in [0.3, 0.4) is 0 Å². The van der Waals surface area contributed by atoms with Crippen LogP contribution in [-0.4, -0.2) is 13.0 Å². The Labute approximate surface area is 81.5 Å². The first kappa shape index (κ1) is 11.7. The highest BCUT2D eigenvalue weighted by Gasteiger charge is 1.79. The van der Waals surface area contributed by atoms with Crippen molar-refractivity contribution in [3.05, 3.63) is 35.9 Å². The molecule has 1 N–H and O–H groups in total. The van der Waals surface area contributed by atoms with Crippen molar-refractivity contribution in [2.75, 3.05) is 7.05 Å². The van der Waals surface area contributed by atoms with Gasteiger partial charge in [-0.25, -0.2) is 0 Å². The minimum Gasteiger partial charge on any atom is -0.359 e. The third-order valence-electron chi connectivity index (χ3n) is 1.60. The van der Waals surface area contributed by atoms with Gasteiger partial charge in [0.1, 0.15) is 0 Å². The summed E-state index contributed by atoms with van der Waals surface area (Å²) in [6.07, 6.45) is 1.14. The van der Waals surface area contributed by atoms with E-state index in [1.807, 2.05) is 6.07 Å². The van der Waals surface area contributed by atoms with Crippen LogP contribution in [0.25, 0.3) is 0 Å². The van der Waals surface area contributed by atoms with E-state index >= 15 is 0 Å². The Kier molecular flexibility index (Phi) is 6.60. The molecule has 74 valence electrons. The van der Waals surface area contributed by atoms with Crippen LogP contribution in [0.4, 0.5) is 0 Å². The number of rotatable bonds is 1. The predicted molar refractivity (Wildman–Crippen MR) is 57.7 cm³/mol. The Balaban J connectivity index is 0. The molecule has 0 radical (unpaired) electrons. The molecule has 0 unspecified atom stereocenters. The van der Waals surface area contributed by atoms with Gasteiger partial charge in [-0.1, -0.05) is 37.3 Å². The Morgan fingerprint density at radius 2 is 1.85 bits per heavy atom. The van der Waals surface area contributed by atoms with Crippen molar-refractivity contribution in [2.45, 2.75) is 20.3 Å². The van der Waals surface area contributed by atoms with Crippen LogP contribution in [0.5, 0.6) is 0 Å². The average Bonchev–Trinajstić information content (AvgIpc) is 2.20. The largest absolute Gasteiger partial charge is 0.359 e. The predicted octanol–water partition coefficient (Wildman–Crippen LogP) is 2.25. The molecule has 1 aromatic carbocycles. The van der Waals surface area contributed by atoms with E-state index in [1.54, 1.807) is 7.05 Å². The van der Waals surface area contributed by atoms with E-state index in [9.17, 15) is 4.79 Å². The molecule has 0 bridgehead atoms. The van der Waals surface area contributed by atoms with Crippen molar-refractivity contribution in [2.24, 2.45) is 0 Å². The fraction of sp³-hybridized carbons (Fsp3) is 0.364. The zero-order chi connectivity index (χ0) is 10.1. The lowest BCUT2D eigenvalue weighted by atomic mass is 10.2. The van der Waals surface area contributed by atoms with Crippen molar-refractivity contribution in [1.82, 2.24) is 5.32 Å². The third kappa shape index (κ3) is 7.06. The Bertz CT molecular complexity index is 236. The van der Waals surface area contributed by atoms with Gasteiger partial charge in [0, 0.05) is 15.4 Å². The molecule has 1 amide bonds. The number of carbonyl (C=O) groups is 1. The van der Waals surface area contributed by atoms with Crippen LogP contribution in [0.15, 0.2) is 30.3 Å². The van der Waals surface area contributed by atoms with Crippen molar-refractivity contribution >= 4 is 5.91 Å². The zero-order valence-corrected chi connectivity index (χ0v) is 8.50. The number of benzene rings is 1. The molecular formula is C11H19NO. The lowest BCUT2D eigenvalue weighted by Gasteiger charge is -1.89. The summed E-state index contributed by atoms with van der Waals surface area (Å²) in [5, 5.41) is 2.39. The zero-order valence-electron chi connectivity index (χ0n) is 8.50. The van der Waals surface area contributed by atoms with E-state index in [0.29, 0.717) is 0 Å². The molecule has 0 aliphatic heterocycles. The van der Waals surface area contributed by atoms with Gasteiger partial charge in [0.15, 0.2) is 0 Å². The van der Waals surface area contributed by atoms with E-state index in [2.05, 4.69) is 36.5 Å². The molecule has 2 nitrogen and oxygen atoms in total. The minimum absolute atomic E-state index is 0. The monoisotopic (exact) mass is 181 g/mol. The van der Waals surface area contributed by atoms with Crippen molar-refractivity contribution in [3.63, 3.8) is 0 Å². The standard InChI is InChI=1S/C8H10.C3H7NO.H2/c1-2-8-6-4-3-5-7-8;1-3(5)4-2;/h3-7H,2H2,1H3;1-2H3,(H,4,5);1H. The van der Waals surface area contributed by atoms with Crippen molar-refractivity contribution in [3.8, 4) is 0 Å². The van der Waals surface area contributed by atoms with Gasteiger partial charge in [-0.2, -0.15) is 0 Å². The second kappa shape index (κ2) is 7.35. The molecule has 0 atom stereocenters. The number of aryl methyl sites for hydroxylation is 1. The van der Waals surface area contributed by atoms with Gasteiger partial charge in [-0.15, -0.1) is 0 Å². The van der Waals surface area contributed by atoms with Crippen molar-refractivity contribution in [1.29, 1.82) is 0 Å². The van der Waals surface area contributed by atoms with Crippen molar-refractivity contribution < 1.29 is 6.22 Å². The molecule has 1 rings (SSSR count). The summed E-state index contributed by atoms with van der Waals surface area (Å²) >= 11 is 0. The van der Waals surface area contributed by atoms with E-state index in [0.717, 1.165) is 6.42 Å². The maximum absolute atomic E-state index is 9.70.